The maximum absolute atomic E-state index is 4.38. The van der Waals surface area contributed by atoms with Crippen molar-refractivity contribution in [3.8, 4) is 0 Å². The fourth-order valence-electron chi connectivity index (χ4n) is 2.05. The first kappa shape index (κ1) is 12.4. The zero-order chi connectivity index (χ0) is 13.8. The van der Waals surface area contributed by atoms with Gasteiger partial charge < -0.3 is 0 Å². The highest BCUT2D eigenvalue weighted by Crippen LogP contribution is 2.16. The lowest BCUT2D eigenvalue weighted by atomic mass is 10.0. The van der Waals surface area contributed by atoms with Crippen LogP contribution in [0.4, 0.5) is 5.82 Å². The largest absolute Gasteiger partial charge is 0.261 e. The quantitative estimate of drug-likeness (QED) is 0.570. The first-order valence-corrected chi connectivity index (χ1v) is 6.53. The molecule has 0 atom stereocenters. The molecular weight excluding hydrogens is 246 g/mol. The lowest BCUT2D eigenvalue weighted by molar-refractivity contribution is 1.22. The van der Waals surface area contributed by atoms with Gasteiger partial charge in [-0.3, -0.25) is 5.43 Å². The normalized spacial score (nSPS) is 11.6. The molecule has 0 bridgehead atoms. The topological polar surface area (TPSA) is 37.3 Å². The Hall–Kier alpha value is -2.68. The van der Waals surface area contributed by atoms with Gasteiger partial charge in [-0.2, -0.15) is 5.10 Å². The zero-order valence-corrected chi connectivity index (χ0v) is 11.2. The molecule has 0 aliphatic heterocycles. The van der Waals surface area contributed by atoms with E-state index in [0.717, 1.165) is 17.1 Å². The molecule has 0 saturated carbocycles. The highest BCUT2D eigenvalue weighted by molar-refractivity contribution is 6.02. The van der Waals surface area contributed by atoms with E-state index in [1.807, 2.05) is 37.3 Å². The van der Waals surface area contributed by atoms with Gasteiger partial charge in [0.05, 0.1) is 5.71 Å². The predicted octanol–water partition coefficient (Wildman–Crippen LogP) is 4.07. The van der Waals surface area contributed by atoms with Crippen molar-refractivity contribution in [3.63, 3.8) is 0 Å². The number of fused-ring (bicyclic) bond motifs is 1. The molecular formula is C17H15N3. The number of nitrogens with zero attached hydrogens (tertiary/aromatic N) is 2. The van der Waals surface area contributed by atoms with E-state index in [1.165, 1.54) is 10.8 Å². The van der Waals surface area contributed by atoms with E-state index >= 15 is 0 Å². The fourth-order valence-corrected chi connectivity index (χ4v) is 2.05. The lowest BCUT2D eigenvalue weighted by Crippen LogP contribution is -2.00. The summed E-state index contributed by atoms with van der Waals surface area (Å²) in [5, 5.41) is 6.83. The molecule has 0 amide bonds. The molecule has 98 valence electrons. The second kappa shape index (κ2) is 5.53. The van der Waals surface area contributed by atoms with Gasteiger partial charge in [-0.15, -0.1) is 0 Å². The molecule has 3 rings (SSSR count). The summed E-state index contributed by atoms with van der Waals surface area (Å²) in [7, 11) is 0. The molecule has 3 nitrogen and oxygen atoms in total. The number of aromatic nitrogens is 1. The van der Waals surface area contributed by atoms with Gasteiger partial charge in [0, 0.05) is 6.20 Å². The molecule has 0 aliphatic rings. The maximum atomic E-state index is 4.38. The van der Waals surface area contributed by atoms with E-state index in [9.17, 15) is 0 Å². The highest BCUT2D eigenvalue weighted by Gasteiger charge is 1.99. The van der Waals surface area contributed by atoms with Gasteiger partial charge in [0.15, 0.2) is 0 Å². The van der Waals surface area contributed by atoms with Crippen LogP contribution in [-0.4, -0.2) is 10.7 Å². The van der Waals surface area contributed by atoms with Crippen molar-refractivity contribution in [2.24, 2.45) is 5.10 Å². The molecule has 0 spiro atoms. The smallest absolute Gasteiger partial charge is 0.146 e. The summed E-state index contributed by atoms with van der Waals surface area (Å²) in [6, 6.07) is 20.4. The molecule has 0 radical (unpaired) electrons. The summed E-state index contributed by atoms with van der Waals surface area (Å²) in [5.74, 6) is 0.743. The van der Waals surface area contributed by atoms with Crippen LogP contribution in [0.1, 0.15) is 12.5 Å². The Morgan fingerprint density at radius 2 is 1.75 bits per heavy atom. The molecule has 20 heavy (non-hydrogen) atoms. The van der Waals surface area contributed by atoms with E-state index in [1.54, 1.807) is 6.20 Å². The Balaban J connectivity index is 1.86. The van der Waals surface area contributed by atoms with Crippen molar-refractivity contribution in [1.82, 2.24) is 4.98 Å². The van der Waals surface area contributed by atoms with Gasteiger partial charge >= 0.3 is 0 Å². The Morgan fingerprint density at radius 3 is 2.55 bits per heavy atom. The van der Waals surface area contributed by atoms with Crippen LogP contribution in [0.25, 0.3) is 10.8 Å². The van der Waals surface area contributed by atoms with Crippen LogP contribution in [0.3, 0.4) is 0 Å². The van der Waals surface area contributed by atoms with Crippen molar-refractivity contribution < 1.29 is 0 Å². The van der Waals surface area contributed by atoms with Crippen LogP contribution < -0.4 is 5.43 Å². The molecule has 0 unspecified atom stereocenters. The van der Waals surface area contributed by atoms with Gasteiger partial charge in [0.2, 0.25) is 0 Å². The van der Waals surface area contributed by atoms with Crippen LogP contribution in [-0.2, 0) is 0 Å². The van der Waals surface area contributed by atoms with Crippen LogP contribution in [0.5, 0.6) is 0 Å². The Morgan fingerprint density at radius 1 is 0.950 bits per heavy atom. The van der Waals surface area contributed by atoms with E-state index in [4.69, 9.17) is 0 Å². The Bertz CT molecular complexity index is 748. The van der Waals surface area contributed by atoms with Crippen molar-refractivity contribution in [2.45, 2.75) is 6.92 Å². The first-order valence-electron chi connectivity index (χ1n) is 6.53. The molecule has 3 aromatic rings. The van der Waals surface area contributed by atoms with Gasteiger partial charge in [0.1, 0.15) is 5.82 Å². The van der Waals surface area contributed by atoms with Crippen molar-refractivity contribution in [2.75, 3.05) is 5.43 Å². The zero-order valence-electron chi connectivity index (χ0n) is 11.2. The van der Waals surface area contributed by atoms with Gasteiger partial charge in [-0.1, -0.05) is 42.5 Å². The number of hydrazone groups is 1. The lowest BCUT2D eigenvalue weighted by Gasteiger charge is -2.04. The number of rotatable bonds is 3. The van der Waals surface area contributed by atoms with Crippen LogP contribution in [0, 0.1) is 0 Å². The van der Waals surface area contributed by atoms with E-state index in [0.29, 0.717) is 0 Å². The third kappa shape index (κ3) is 2.67. The minimum atomic E-state index is 0.743. The van der Waals surface area contributed by atoms with Crippen LogP contribution in [0.2, 0.25) is 0 Å². The molecule has 1 N–H and O–H groups in total. The maximum Gasteiger partial charge on any atom is 0.146 e. The summed E-state index contributed by atoms with van der Waals surface area (Å²) >= 11 is 0. The number of pyridine rings is 1. The standard InChI is InChI=1S/C17H15N3/c1-13(19-20-17-8-4-5-11-18-17)15-10-9-14-6-2-3-7-16(14)12-15/h2-12H,1H3,(H,18,20)/b19-13+. The molecule has 1 heterocycles. The number of hydrogen-bond donors (Lipinski definition) is 1. The van der Waals surface area contributed by atoms with E-state index < -0.39 is 0 Å². The van der Waals surface area contributed by atoms with Gasteiger partial charge in [0.25, 0.3) is 0 Å². The second-order valence-electron chi connectivity index (χ2n) is 4.59. The summed E-state index contributed by atoms with van der Waals surface area (Å²) in [4.78, 5) is 4.18. The minimum absolute atomic E-state index is 0.743. The fraction of sp³-hybridized carbons (Fsp3) is 0.0588. The van der Waals surface area contributed by atoms with Gasteiger partial charge in [-0.25, -0.2) is 4.98 Å². The molecule has 2 aromatic carbocycles. The number of anilines is 1. The molecule has 0 aliphatic carbocycles. The van der Waals surface area contributed by atoms with Crippen molar-refractivity contribution in [3.05, 3.63) is 72.4 Å². The SMILES string of the molecule is C/C(=N\Nc1ccccn1)c1ccc2ccccc2c1. The third-order valence-corrected chi connectivity index (χ3v) is 3.17. The van der Waals surface area contributed by atoms with E-state index in [2.05, 4.69) is 45.8 Å². The number of nitrogens with one attached hydrogen (secondary N) is 1. The minimum Gasteiger partial charge on any atom is -0.261 e. The number of benzene rings is 2. The average molecular weight is 261 g/mol. The second-order valence-corrected chi connectivity index (χ2v) is 4.59. The van der Waals surface area contributed by atoms with Crippen LogP contribution >= 0.6 is 0 Å². The molecule has 1 aromatic heterocycles. The Labute approximate surface area is 118 Å². The summed E-state index contributed by atoms with van der Waals surface area (Å²) in [6.45, 7) is 1.99. The molecule has 3 heteroatoms. The highest BCUT2D eigenvalue weighted by atomic mass is 15.3. The van der Waals surface area contributed by atoms with E-state index in [-0.39, 0.29) is 0 Å². The summed E-state index contributed by atoms with van der Waals surface area (Å²) in [6.07, 6.45) is 1.74. The van der Waals surface area contributed by atoms with Crippen molar-refractivity contribution in [1.29, 1.82) is 0 Å². The number of hydrogen-bond acceptors (Lipinski definition) is 3. The predicted molar refractivity (Wildman–Crippen MR) is 84.0 cm³/mol. The molecule has 0 saturated heterocycles. The molecule has 0 fully saturated rings. The Kier molecular flexibility index (Phi) is 3.42. The third-order valence-electron chi connectivity index (χ3n) is 3.17. The van der Waals surface area contributed by atoms with Crippen LogP contribution in [0.15, 0.2) is 72.0 Å². The average Bonchev–Trinajstić information content (AvgIpc) is 2.53. The summed E-state index contributed by atoms with van der Waals surface area (Å²) in [5.41, 5.74) is 5.00. The summed E-state index contributed by atoms with van der Waals surface area (Å²) < 4.78 is 0. The monoisotopic (exact) mass is 261 g/mol. The van der Waals surface area contributed by atoms with Gasteiger partial charge in [-0.05, 0) is 41.5 Å². The van der Waals surface area contributed by atoms with Crippen molar-refractivity contribution >= 4 is 22.3 Å². The first-order chi connectivity index (χ1) is 9.83.